The Labute approximate surface area is 278 Å². The average molecular weight is 655 g/mol. The molecule has 2 aromatic heterocycles. The second-order valence-electron chi connectivity index (χ2n) is 11.9. The lowest BCUT2D eigenvalue weighted by Gasteiger charge is -2.25. The van der Waals surface area contributed by atoms with Crippen LogP contribution in [0.15, 0.2) is 74.2 Å². The number of carbonyl (C=O) groups is 1. The molecule has 6 rings (SSSR count). The van der Waals surface area contributed by atoms with Crippen molar-refractivity contribution in [3.05, 3.63) is 103 Å². The molecule has 11 heteroatoms. The molecule has 1 saturated heterocycles. The number of halogens is 1. The van der Waals surface area contributed by atoms with Crippen molar-refractivity contribution in [1.29, 1.82) is 0 Å². The van der Waals surface area contributed by atoms with Crippen molar-refractivity contribution in [3.63, 3.8) is 0 Å². The second-order valence-corrected chi connectivity index (χ2v) is 12.3. The Morgan fingerprint density at radius 2 is 1.79 bits per heavy atom. The molecule has 0 aliphatic carbocycles. The fourth-order valence-electron chi connectivity index (χ4n) is 5.87. The van der Waals surface area contributed by atoms with E-state index in [0.717, 1.165) is 47.9 Å². The molecule has 0 spiro atoms. The van der Waals surface area contributed by atoms with Crippen LogP contribution in [0.4, 0.5) is 0 Å². The summed E-state index contributed by atoms with van der Waals surface area (Å²) in [6.45, 7) is 7.45. The van der Waals surface area contributed by atoms with E-state index >= 15 is 0 Å². The Bertz CT molecular complexity index is 1990. The molecule has 2 aliphatic heterocycles. The maximum absolute atomic E-state index is 14.3. The van der Waals surface area contributed by atoms with Crippen LogP contribution in [0.3, 0.4) is 0 Å². The first-order valence-corrected chi connectivity index (χ1v) is 16.5. The number of carbonyl (C=O) groups excluding carboxylic acids is 1. The normalized spacial score (nSPS) is 15.0. The topological polar surface area (TPSA) is 124 Å². The summed E-state index contributed by atoms with van der Waals surface area (Å²) in [6, 6.07) is 15.5. The number of ether oxygens (including phenoxy) is 1. The van der Waals surface area contributed by atoms with Gasteiger partial charge >= 0.3 is 0 Å². The third kappa shape index (κ3) is 7.39. The van der Waals surface area contributed by atoms with Crippen LogP contribution in [0, 0.1) is 6.92 Å². The quantitative estimate of drug-likeness (QED) is 0.256. The molecule has 47 heavy (non-hydrogen) atoms. The summed E-state index contributed by atoms with van der Waals surface area (Å²) in [5.74, 6) is 1.31. The van der Waals surface area contributed by atoms with Gasteiger partial charge in [-0.25, -0.2) is 4.99 Å². The van der Waals surface area contributed by atoms with Crippen molar-refractivity contribution < 1.29 is 14.1 Å². The fraction of sp³-hybridized carbons (Fsp3) is 0.361. The molecule has 0 saturated carbocycles. The number of nitrogens with one attached hydrogen (secondary N) is 2. The standard InChI is InChI=1S/C36H39ClN6O4/c1-4-23-6-8-24(9-7-23)20-38-32(44)21-43-35-27(11-10-25(5-2)33(41-35)40-28-14-16-46-17-15-28)18-30(36(43)45)29-13-12-26(19-31(29)37)34-39-22(3)47-42-34/h6-9,11-13,18-19,28,40H,4-5,10,14-17,20-21H2,1-3H3,(H,38,44). The monoisotopic (exact) mass is 654 g/mol. The zero-order chi connectivity index (χ0) is 32.9. The smallest absolute Gasteiger partial charge is 0.260 e. The minimum Gasteiger partial charge on any atom is -0.381 e. The molecule has 0 bridgehead atoms. The van der Waals surface area contributed by atoms with Gasteiger partial charge in [0, 0.05) is 59.7 Å². The predicted molar refractivity (Wildman–Crippen MR) is 181 cm³/mol. The molecule has 0 unspecified atom stereocenters. The minimum atomic E-state index is -0.362. The molecule has 4 heterocycles. The highest BCUT2D eigenvalue weighted by Gasteiger charge is 2.21. The van der Waals surface area contributed by atoms with Gasteiger partial charge in [0.1, 0.15) is 17.9 Å². The number of fused-ring (bicyclic) bond motifs is 1. The van der Waals surface area contributed by atoms with Crippen LogP contribution in [0.25, 0.3) is 28.6 Å². The first-order chi connectivity index (χ1) is 22.8. The number of rotatable bonds is 10. The van der Waals surface area contributed by atoms with Crippen LogP contribution in [0.2, 0.25) is 5.02 Å². The van der Waals surface area contributed by atoms with Gasteiger partial charge in [-0.2, -0.15) is 4.98 Å². The van der Waals surface area contributed by atoms with Gasteiger partial charge in [-0.05, 0) is 60.9 Å². The molecule has 244 valence electrons. The number of hydrogen-bond donors (Lipinski definition) is 2. The highest BCUT2D eigenvalue weighted by atomic mass is 35.5. The SMILES string of the molecule is CCC1=C(NC2CCOCC2)N=c2c(cc(-c3ccc(-c4noc(C)n4)cc3Cl)c(=O)n2CC(=O)NCc2ccc(CC)cc2)=CC1. The summed E-state index contributed by atoms with van der Waals surface area (Å²) in [7, 11) is 0. The van der Waals surface area contributed by atoms with E-state index in [1.807, 2.05) is 18.2 Å². The number of amides is 1. The van der Waals surface area contributed by atoms with Crippen LogP contribution < -0.4 is 26.9 Å². The Kier molecular flexibility index (Phi) is 9.98. The number of nitrogens with zero attached hydrogens (tertiary/aromatic N) is 4. The lowest BCUT2D eigenvalue weighted by atomic mass is 10.0. The van der Waals surface area contributed by atoms with Crippen molar-refractivity contribution in [1.82, 2.24) is 25.3 Å². The van der Waals surface area contributed by atoms with Gasteiger partial charge in [-0.15, -0.1) is 0 Å². The second kappa shape index (κ2) is 14.5. The molecule has 2 aromatic carbocycles. The first kappa shape index (κ1) is 32.4. The molecule has 2 aliphatic rings. The molecule has 0 atom stereocenters. The Hall–Kier alpha value is -4.54. The van der Waals surface area contributed by atoms with Crippen molar-refractivity contribution in [3.8, 4) is 22.5 Å². The molecular weight excluding hydrogens is 616 g/mol. The minimum absolute atomic E-state index is 0.205. The number of allylic oxidation sites excluding steroid dienone is 1. The van der Waals surface area contributed by atoms with Gasteiger partial charge in [-0.1, -0.05) is 73.1 Å². The van der Waals surface area contributed by atoms with Crippen molar-refractivity contribution in [2.24, 2.45) is 4.99 Å². The van der Waals surface area contributed by atoms with Gasteiger partial charge < -0.3 is 19.9 Å². The van der Waals surface area contributed by atoms with Crippen LogP contribution >= 0.6 is 11.6 Å². The van der Waals surface area contributed by atoms with E-state index in [1.165, 1.54) is 10.1 Å². The average Bonchev–Trinajstić information content (AvgIpc) is 3.45. The van der Waals surface area contributed by atoms with Crippen LogP contribution in [-0.2, 0) is 29.0 Å². The number of hydrogen-bond acceptors (Lipinski definition) is 8. The summed E-state index contributed by atoms with van der Waals surface area (Å²) >= 11 is 6.81. The number of benzene rings is 2. The first-order valence-electron chi connectivity index (χ1n) is 16.2. The van der Waals surface area contributed by atoms with Gasteiger partial charge in [0.15, 0.2) is 0 Å². The molecule has 2 N–H and O–H groups in total. The van der Waals surface area contributed by atoms with E-state index in [4.69, 9.17) is 25.9 Å². The third-order valence-electron chi connectivity index (χ3n) is 8.67. The molecule has 0 radical (unpaired) electrons. The van der Waals surface area contributed by atoms with Gasteiger partial charge in [0.05, 0.1) is 0 Å². The number of pyridine rings is 1. The summed E-state index contributed by atoms with van der Waals surface area (Å²) in [5, 5.41) is 11.7. The van der Waals surface area contributed by atoms with E-state index < -0.39 is 0 Å². The molecule has 10 nitrogen and oxygen atoms in total. The van der Waals surface area contributed by atoms with E-state index in [1.54, 1.807) is 25.1 Å². The third-order valence-corrected chi connectivity index (χ3v) is 8.98. The highest BCUT2D eigenvalue weighted by molar-refractivity contribution is 6.33. The zero-order valence-electron chi connectivity index (χ0n) is 26.9. The van der Waals surface area contributed by atoms with Crippen LogP contribution in [0.5, 0.6) is 0 Å². The Morgan fingerprint density at radius 1 is 1.02 bits per heavy atom. The van der Waals surface area contributed by atoms with Crippen molar-refractivity contribution in [2.75, 3.05) is 13.2 Å². The summed E-state index contributed by atoms with van der Waals surface area (Å²) in [5.41, 5.74) is 5.00. The molecule has 1 amide bonds. The Morgan fingerprint density at radius 3 is 2.47 bits per heavy atom. The van der Waals surface area contributed by atoms with Crippen LogP contribution in [-0.4, -0.2) is 39.9 Å². The molecule has 1 fully saturated rings. The largest absolute Gasteiger partial charge is 0.381 e. The molecule has 4 aromatic rings. The van der Waals surface area contributed by atoms with Gasteiger partial charge in [-0.3, -0.25) is 14.2 Å². The fourth-order valence-corrected chi connectivity index (χ4v) is 6.15. The van der Waals surface area contributed by atoms with E-state index in [-0.39, 0.29) is 24.1 Å². The zero-order valence-corrected chi connectivity index (χ0v) is 27.7. The van der Waals surface area contributed by atoms with Crippen LogP contribution in [0.1, 0.15) is 56.5 Å². The Balaban J connectivity index is 1.41. The highest BCUT2D eigenvalue weighted by Crippen LogP contribution is 2.29. The predicted octanol–water partition coefficient (Wildman–Crippen LogP) is 4.60. The number of aryl methyl sites for hydroxylation is 2. The van der Waals surface area contributed by atoms with E-state index in [2.05, 4.69) is 52.8 Å². The summed E-state index contributed by atoms with van der Waals surface area (Å²) in [6.07, 6.45) is 6.21. The summed E-state index contributed by atoms with van der Waals surface area (Å²) < 4.78 is 12.2. The lowest BCUT2D eigenvalue weighted by molar-refractivity contribution is -0.121. The van der Waals surface area contributed by atoms with Crippen molar-refractivity contribution in [2.45, 2.75) is 72.0 Å². The summed E-state index contributed by atoms with van der Waals surface area (Å²) in [4.78, 5) is 37.2. The van der Waals surface area contributed by atoms with Gasteiger partial charge in [0.25, 0.3) is 5.56 Å². The van der Waals surface area contributed by atoms with E-state index in [9.17, 15) is 9.59 Å². The maximum atomic E-state index is 14.3. The van der Waals surface area contributed by atoms with E-state index in [0.29, 0.717) is 65.1 Å². The maximum Gasteiger partial charge on any atom is 0.260 e. The number of aromatic nitrogens is 3. The lowest BCUT2D eigenvalue weighted by Crippen LogP contribution is -2.47. The molecular formula is C36H39ClN6O4. The van der Waals surface area contributed by atoms with Crippen molar-refractivity contribution >= 4 is 23.6 Å². The van der Waals surface area contributed by atoms with Gasteiger partial charge in [0.2, 0.25) is 17.6 Å².